The number of rotatable bonds is 5. The van der Waals surface area contributed by atoms with Crippen molar-refractivity contribution in [1.29, 1.82) is 0 Å². The first-order valence-electron chi connectivity index (χ1n) is 5.14. The van der Waals surface area contributed by atoms with E-state index in [0.29, 0.717) is 0 Å². The van der Waals surface area contributed by atoms with Crippen LogP contribution in [0.4, 0.5) is 0 Å². The van der Waals surface area contributed by atoms with Crippen molar-refractivity contribution < 1.29 is 35.1 Å². The van der Waals surface area contributed by atoms with Gasteiger partial charge in [-0.25, -0.2) is 0 Å². The number of hydrogen-bond acceptors (Lipinski definition) is 7. The smallest absolute Gasteiger partial charge is 0.320 e. The lowest BCUT2D eigenvalue weighted by Gasteiger charge is -2.32. The molecule has 5 atom stereocenters. The Morgan fingerprint density at radius 3 is 2.41 bits per heavy atom. The summed E-state index contributed by atoms with van der Waals surface area (Å²) in [6.07, 6.45) is -4.02. The number of nitrogens with one attached hydrogen (secondary N) is 1. The highest BCUT2D eigenvalue weighted by atomic mass is 16.6. The number of aliphatic carboxylic acids is 1. The van der Waals surface area contributed by atoms with Crippen LogP contribution in [0, 0.1) is 0 Å². The van der Waals surface area contributed by atoms with E-state index in [-0.39, 0.29) is 0 Å². The summed E-state index contributed by atoms with van der Waals surface area (Å²) in [7, 11) is 0. The van der Waals surface area contributed by atoms with Crippen molar-refractivity contribution in [3.63, 3.8) is 0 Å². The van der Waals surface area contributed by atoms with Crippen molar-refractivity contribution in [3.05, 3.63) is 0 Å². The highest BCUT2D eigenvalue weighted by Gasteiger charge is 2.54. The van der Waals surface area contributed by atoms with Crippen LogP contribution in [0.1, 0.15) is 6.92 Å². The summed E-state index contributed by atoms with van der Waals surface area (Å²) in [4.78, 5) is 10.7. The largest absolute Gasteiger partial charge is 0.480 e. The molecule has 1 fully saturated rings. The van der Waals surface area contributed by atoms with E-state index in [2.05, 4.69) is 5.32 Å². The monoisotopic (exact) mass is 251 g/mol. The van der Waals surface area contributed by atoms with E-state index in [1.807, 2.05) is 0 Å². The molecule has 1 heterocycles. The van der Waals surface area contributed by atoms with Crippen molar-refractivity contribution in [1.82, 2.24) is 5.32 Å². The SMILES string of the molecule is C[C@H](NC1(CO)O[C@H](CO)[C@@H](O)[C@@H]1O)C(=O)O. The Hall–Kier alpha value is -0.770. The van der Waals surface area contributed by atoms with Gasteiger partial charge in [-0.3, -0.25) is 10.1 Å². The highest BCUT2D eigenvalue weighted by Crippen LogP contribution is 2.29. The first-order chi connectivity index (χ1) is 7.88. The molecule has 0 aromatic carbocycles. The molecule has 1 saturated heterocycles. The number of carboxylic acid groups (broad SMARTS) is 1. The third-order valence-electron chi connectivity index (χ3n) is 2.79. The normalized spacial score (nSPS) is 39.2. The van der Waals surface area contributed by atoms with Gasteiger partial charge in [0.25, 0.3) is 0 Å². The van der Waals surface area contributed by atoms with E-state index in [1.165, 1.54) is 6.92 Å². The van der Waals surface area contributed by atoms with Crippen LogP contribution in [-0.4, -0.2) is 74.8 Å². The van der Waals surface area contributed by atoms with Gasteiger partial charge < -0.3 is 30.3 Å². The average Bonchev–Trinajstić information content (AvgIpc) is 2.54. The lowest BCUT2D eigenvalue weighted by Crippen LogP contribution is -2.61. The Morgan fingerprint density at radius 2 is 2.06 bits per heavy atom. The summed E-state index contributed by atoms with van der Waals surface area (Å²) in [6, 6.07) is -1.10. The molecule has 100 valence electrons. The van der Waals surface area contributed by atoms with Gasteiger partial charge in [-0.15, -0.1) is 0 Å². The number of carbonyl (C=O) groups is 1. The fourth-order valence-electron chi connectivity index (χ4n) is 1.76. The van der Waals surface area contributed by atoms with Gasteiger partial charge in [-0.2, -0.15) is 0 Å². The lowest BCUT2D eigenvalue weighted by atomic mass is 10.0. The second-order valence-electron chi connectivity index (χ2n) is 4.03. The number of hydrogen-bond donors (Lipinski definition) is 6. The number of carboxylic acids is 1. The van der Waals surface area contributed by atoms with Gasteiger partial charge >= 0.3 is 5.97 Å². The van der Waals surface area contributed by atoms with Crippen LogP contribution < -0.4 is 5.32 Å². The maximum Gasteiger partial charge on any atom is 0.320 e. The molecule has 0 aromatic rings. The predicted octanol–water partition coefficient (Wildman–Crippen LogP) is -3.15. The first kappa shape index (κ1) is 14.3. The molecule has 0 spiro atoms. The molecule has 1 unspecified atom stereocenters. The third kappa shape index (κ3) is 2.57. The summed E-state index contributed by atoms with van der Waals surface area (Å²) < 4.78 is 5.12. The predicted molar refractivity (Wildman–Crippen MR) is 54.0 cm³/mol. The maximum absolute atomic E-state index is 10.7. The molecule has 0 bridgehead atoms. The van der Waals surface area contributed by atoms with Crippen LogP contribution in [0.25, 0.3) is 0 Å². The van der Waals surface area contributed by atoms with Crippen LogP contribution in [0.2, 0.25) is 0 Å². The molecule has 0 radical (unpaired) electrons. The molecule has 1 rings (SSSR count). The Kier molecular flexibility index (Phi) is 4.42. The van der Waals surface area contributed by atoms with Crippen LogP contribution in [-0.2, 0) is 9.53 Å². The molecule has 8 heteroatoms. The molecule has 1 aliphatic rings. The van der Waals surface area contributed by atoms with Crippen LogP contribution in [0.5, 0.6) is 0 Å². The zero-order valence-corrected chi connectivity index (χ0v) is 9.28. The number of aliphatic hydroxyl groups excluding tert-OH is 4. The summed E-state index contributed by atoms with van der Waals surface area (Å²) in [5, 5.41) is 48.5. The van der Waals surface area contributed by atoms with Crippen molar-refractivity contribution >= 4 is 5.97 Å². The van der Waals surface area contributed by atoms with Gasteiger partial charge in [-0.1, -0.05) is 0 Å². The first-order valence-corrected chi connectivity index (χ1v) is 5.14. The van der Waals surface area contributed by atoms with E-state index < -0.39 is 49.3 Å². The Bertz CT molecular complexity index is 287. The Labute approximate surface area is 97.4 Å². The molecular formula is C9H17NO7. The summed E-state index contributed by atoms with van der Waals surface area (Å²) in [5.41, 5.74) is -1.79. The van der Waals surface area contributed by atoms with Crippen molar-refractivity contribution in [2.24, 2.45) is 0 Å². The Balaban J connectivity index is 2.85. The molecular weight excluding hydrogens is 234 g/mol. The molecule has 0 aliphatic carbocycles. The number of ether oxygens (including phenoxy) is 1. The molecule has 17 heavy (non-hydrogen) atoms. The van der Waals surface area contributed by atoms with E-state index in [9.17, 15) is 20.1 Å². The summed E-state index contributed by atoms with van der Waals surface area (Å²) >= 11 is 0. The standard InChI is InChI=1S/C9H17NO7/c1-4(8(15)16)10-9(3-12)7(14)6(13)5(2-11)17-9/h4-7,10-14H,2-3H2,1H3,(H,15,16)/t4-,5+,6+,7-,9?/m0/s1. The van der Waals surface area contributed by atoms with E-state index in [1.54, 1.807) is 0 Å². The summed E-state index contributed by atoms with van der Waals surface area (Å²) in [6.45, 7) is 0.0108. The number of aliphatic hydroxyl groups is 4. The van der Waals surface area contributed by atoms with E-state index in [0.717, 1.165) is 0 Å². The third-order valence-corrected chi connectivity index (χ3v) is 2.79. The van der Waals surface area contributed by atoms with Gasteiger partial charge in [0, 0.05) is 0 Å². The fourth-order valence-corrected chi connectivity index (χ4v) is 1.76. The summed E-state index contributed by atoms with van der Waals surface area (Å²) in [5.74, 6) is -1.20. The van der Waals surface area contributed by atoms with Crippen LogP contribution in [0.15, 0.2) is 0 Å². The molecule has 0 aromatic heterocycles. The van der Waals surface area contributed by atoms with Crippen molar-refractivity contribution in [3.8, 4) is 0 Å². The zero-order valence-electron chi connectivity index (χ0n) is 9.28. The minimum Gasteiger partial charge on any atom is -0.480 e. The van der Waals surface area contributed by atoms with Crippen molar-refractivity contribution in [2.45, 2.75) is 37.0 Å². The van der Waals surface area contributed by atoms with E-state index >= 15 is 0 Å². The second kappa shape index (κ2) is 5.25. The molecule has 0 saturated carbocycles. The van der Waals surface area contributed by atoms with Crippen LogP contribution >= 0.6 is 0 Å². The highest BCUT2D eigenvalue weighted by molar-refractivity contribution is 5.73. The van der Waals surface area contributed by atoms with Gasteiger partial charge in [0.15, 0.2) is 5.72 Å². The van der Waals surface area contributed by atoms with Gasteiger partial charge in [0.2, 0.25) is 0 Å². The fraction of sp³-hybridized carbons (Fsp3) is 0.889. The van der Waals surface area contributed by atoms with Gasteiger partial charge in [0.1, 0.15) is 24.4 Å². The molecule has 0 amide bonds. The quantitative estimate of drug-likeness (QED) is 0.301. The Morgan fingerprint density at radius 1 is 1.47 bits per heavy atom. The van der Waals surface area contributed by atoms with Gasteiger partial charge in [0.05, 0.1) is 13.2 Å². The molecule has 1 aliphatic heterocycles. The van der Waals surface area contributed by atoms with Gasteiger partial charge in [-0.05, 0) is 6.92 Å². The maximum atomic E-state index is 10.7. The molecule has 8 nitrogen and oxygen atoms in total. The minimum absolute atomic E-state index is 0.552. The second-order valence-corrected chi connectivity index (χ2v) is 4.03. The topological polar surface area (TPSA) is 139 Å². The average molecular weight is 251 g/mol. The van der Waals surface area contributed by atoms with Crippen LogP contribution in [0.3, 0.4) is 0 Å². The lowest BCUT2D eigenvalue weighted by molar-refractivity contribution is -0.157. The van der Waals surface area contributed by atoms with E-state index in [4.69, 9.17) is 14.9 Å². The minimum atomic E-state index is -1.79. The molecule has 6 N–H and O–H groups in total. The van der Waals surface area contributed by atoms with Crippen molar-refractivity contribution in [2.75, 3.05) is 13.2 Å². The zero-order chi connectivity index (χ0) is 13.2.